The molecule has 0 spiro atoms. The lowest BCUT2D eigenvalue weighted by atomic mass is 10.1. The van der Waals surface area contributed by atoms with E-state index in [1.807, 2.05) is 29.6 Å². The number of carbonyl (C=O) groups excluding carboxylic acids is 2. The van der Waals surface area contributed by atoms with Crippen LogP contribution in [0, 0.1) is 0 Å². The number of rotatable bonds is 10. The molecule has 0 unspecified atom stereocenters. The zero-order valence-corrected chi connectivity index (χ0v) is 18.4. The minimum Gasteiger partial charge on any atom is -0.481 e. The maximum atomic E-state index is 12.4. The molecule has 3 aromatic rings. The monoisotopic (exact) mass is 478 g/mol. The van der Waals surface area contributed by atoms with Gasteiger partial charge in [0, 0.05) is 25.9 Å². The van der Waals surface area contributed by atoms with E-state index in [1.54, 1.807) is 28.7 Å². The van der Waals surface area contributed by atoms with E-state index >= 15 is 0 Å². The average Bonchev–Trinajstić information content (AvgIpc) is 3.48. The highest BCUT2D eigenvalue weighted by molar-refractivity contribution is 7.26. The van der Waals surface area contributed by atoms with Gasteiger partial charge in [0.1, 0.15) is 6.04 Å². The fraction of sp³-hybridized carbons (Fsp3) is 0.200. The number of nitrogens with one attached hydrogen (secondary N) is 2. The van der Waals surface area contributed by atoms with E-state index in [0.717, 1.165) is 14.6 Å². The summed E-state index contributed by atoms with van der Waals surface area (Å²) >= 11 is 4.59. The Balaban J connectivity index is 1.54. The number of hydrogen-bond acceptors (Lipinski definition) is 7. The summed E-state index contributed by atoms with van der Waals surface area (Å²) in [7, 11) is 0. The van der Waals surface area contributed by atoms with Crippen molar-refractivity contribution >= 4 is 57.8 Å². The molecule has 2 amide bonds. The molecule has 3 rings (SSSR count). The summed E-state index contributed by atoms with van der Waals surface area (Å²) in [4.78, 5) is 50.7. The highest BCUT2D eigenvalue weighted by Crippen LogP contribution is 2.38. The highest BCUT2D eigenvalue weighted by Gasteiger charge is 2.21. The minimum atomic E-state index is -1.33. The van der Waals surface area contributed by atoms with Gasteiger partial charge in [-0.3, -0.25) is 14.4 Å². The first-order chi connectivity index (χ1) is 14.8. The summed E-state index contributed by atoms with van der Waals surface area (Å²) in [6.45, 7) is -0.412. The summed E-state index contributed by atoms with van der Waals surface area (Å²) in [5.74, 6) is -3.64. The van der Waals surface area contributed by atoms with Gasteiger partial charge in [-0.15, -0.1) is 34.0 Å². The molecular weight excluding hydrogens is 460 g/mol. The third kappa shape index (κ3) is 6.23. The van der Waals surface area contributed by atoms with Crippen LogP contribution >= 0.6 is 34.0 Å². The number of hydrogen-bond donors (Lipinski definition) is 4. The van der Waals surface area contributed by atoms with E-state index in [9.17, 15) is 19.2 Å². The van der Waals surface area contributed by atoms with Crippen LogP contribution < -0.4 is 10.6 Å². The quantitative estimate of drug-likeness (QED) is 0.353. The lowest BCUT2D eigenvalue weighted by molar-refractivity contribution is -0.142. The van der Waals surface area contributed by atoms with Crippen molar-refractivity contribution < 1.29 is 29.4 Å². The Morgan fingerprint density at radius 3 is 2.23 bits per heavy atom. The fourth-order valence-electron chi connectivity index (χ4n) is 2.63. The number of carboxylic acid groups (broad SMARTS) is 2. The molecule has 0 fully saturated rings. The van der Waals surface area contributed by atoms with Crippen molar-refractivity contribution in [3.8, 4) is 19.5 Å². The van der Waals surface area contributed by atoms with Crippen LogP contribution in [0.25, 0.3) is 19.5 Å². The molecule has 3 aromatic heterocycles. The number of thiophene rings is 3. The summed E-state index contributed by atoms with van der Waals surface area (Å²) in [6, 6.07) is 10.3. The predicted octanol–water partition coefficient (Wildman–Crippen LogP) is 3.37. The van der Waals surface area contributed by atoms with Crippen molar-refractivity contribution in [2.75, 3.05) is 6.54 Å². The Kier molecular flexibility index (Phi) is 7.55. The van der Waals surface area contributed by atoms with Gasteiger partial charge in [-0.1, -0.05) is 6.07 Å². The lowest BCUT2D eigenvalue weighted by Crippen LogP contribution is -2.45. The maximum absolute atomic E-state index is 12.4. The van der Waals surface area contributed by atoms with Crippen LogP contribution in [-0.4, -0.2) is 46.6 Å². The first-order valence-corrected chi connectivity index (χ1v) is 11.6. The van der Waals surface area contributed by atoms with E-state index < -0.39 is 42.8 Å². The van der Waals surface area contributed by atoms with Crippen molar-refractivity contribution in [1.82, 2.24) is 10.6 Å². The van der Waals surface area contributed by atoms with Crippen molar-refractivity contribution in [1.29, 1.82) is 0 Å². The van der Waals surface area contributed by atoms with Crippen LogP contribution in [0.1, 0.15) is 22.5 Å². The van der Waals surface area contributed by atoms with Crippen LogP contribution in [0.2, 0.25) is 0 Å². The topological polar surface area (TPSA) is 133 Å². The van der Waals surface area contributed by atoms with Gasteiger partial charge in [-0.2, -0.15) is 0 Å². The van der Waals surface area contributed by atoms with Crippen LogP contribution in [0.3, 0.4) is 0 Å². The summed E-state index contributed by atoms with van der Waals surface area (Å²) in [6.07, 6.45) is -0.634. The van der Waals surface area contributed by atoms with Gasteiger partial charge in [0.15, 0.2) is 0 Å². The Labute approximate surface area is 189 Å². The van der Waals surface area contributed by atoms with Crippen molar-refractivity contribution in [3.63, 3.8) is 0 Å². The molecule has 0 saturated carbocycles. The van der Waals surface area contributed by atoms with Crippen molar-refractivity contribution in [2.24, 2.45) is 0 Å². The molecule has 8 nitrogen and oxygen atoms in total. The molecule has 0 aliphatic rings. The van der Waals surface area contributed by atoms with E-state index in [2.05, 4.69) is 16.7 Å². The van der Waals surface area contributed by atoms with Crippen LogP contribution in [-0.2, 0) is 14.4 Å². The molecule has 0 aromatic carbocycles. The standard InChI is InChI=1S/C20H18N2O6S3/c23-17(22-11(20(27)28)3-8-18(24)25)10-21-19(26)16-7-6-15(31-16)14-5-4-13(30-14)12-2-1-9-29-12/h1-2,4-7,9,11H,3,8,10H2,(H,21,26)(H,22,23)(H,24,25)(H,27,28)/t11-/m0/s1. The lowest BCUT2D eigenvalue weighted by Gasteiger charge is -2.13. The van der Waals surface area contributed by atoms with E-state index in [1.165, 1.54) is 16.2 Å². The Hall–Kier alpha value is -3.02. The molecule has 0 aliphatic carbocycles. The molecule has 0 bridgehead atoms. The third-order valence-electron chi connectivity index (χ3n) is 4.13. The van der Waals surface area contributed by atoms with Crippen LogP contribution in [0.5, 0.6) is 0 Å². The first kappa shape index (κ1) is 22.7. The maximum Gasteiger partial charge on any atom is 0.326 e. The fourth-order valence-corrected chi connectivity index (χ4v) is 5.49. The van der Waals surface area contributed by atoms with E-state index in [0.29, 0.717) is 4.88 Å². The zero-order chi connectivity index (χ0) is 22.4. The Bertz CT molecular complexity index is 1090. The van der Waals surface area contributed by atoms with Gasteiger partial charge in [0.2, 0.25) is 5.91 Å². The Morgan fingerprint density at radius 2 is 1.58 bits per heavy atom. The second kappa shape index (κ2) is 10.3. The molecule has 0 saturated heterocycles. The molecule has 4 N–H and O–H groups in total. The van der Waals surface area contributed by atoms with Gasteiger partial charge >= 0.3 is 11.9 Å². The van der Waals surface area contributed by atoms with Crippen LogP contribution in [0.15, 0.2) is 41.8 Å². The second-order valence-corrected chi connectivity index (χ2v) is 9.49. The number of aliphatic carboxylic acids is 2. The molecule has 11 heteroatoms. The molecule has 0 radical (unpaired) electrons. The molecule has 3 heterocycles. The van der Waals surface area contributed by atoms with Crippen LogP contribution in [0.4, 0.5) is 0 Å². The van der Waals surface area contributed by atoms with Gasteiger partial charge in [-0.05, 0) is 42.1 Å². The SMILES string of the molecule is O=C(O)CC[C@H](NC(=O)CNC(=O)c1ccc(-c2ccc(-c3cccs3)s2)s1)C(=O)O. The first-order valence-electron chi connectivity index (χ1n) is 9.09. The molecule has 1 atom stereocenters. The normalized spacial score (nSPS) is 11.6. The summed E-state index contributed by atoms with van der Waals surface area (Å²) < 4.78 is 0. The van der Waals surface area contributed by atoms with Gasteiger partial charge < -0.3 is 20.8 Å². The number of amides is 2. The molecule has 0 aliphatic heterocycles. The smallest absolute Gasteiger partial charge is 0.326 e. The summed E-state index contributed by atoms with van der Waals surface area (Å²) in [5, 5.41) is 24.4. The van der Waals surface area contributed by atoms with Crippen molar-refractivity contribution in [2.45, 2.75) is 18.9 Å². The molecular formula is C20H18N2O6S3. The number of carboxylic acids is 2. The second-order valence-electron chi connectivity index (χ2n) is 6.38. The van der Waals surface area contributed by atoms with Gasteiger partial charge in [0.25, 0.3) is 5.91 Å². The largest absolute Gasteiger partial charge is 0.481 e. The minimum absolute atomic E-state index is 0.243. The van der Waals surface area contributed by atoms with Crippen molar-refractivity contribution in [3.05, 3.63) is 46.7 Å². The Morgan fingerprint density at radius 1 is 0.903 bits per heavy atom. The zero-order valence-electron chi connectivity index (χ0n) is 16.0. The summed E-state index contributed by atoms with van der Waals surface area (Å²) in [5.41, 5.74) is 0. The highest BCUT2D eigenvalue weighted by atomic mass is 32.1. The van der Waals surface area contributed by atoms with Gasteiger partial charge in [-0.25, -0.2) is 4.79 Å². The molecule has 31 heavy (non-hydrogen) atoms. The predicted molar refractivity (Wildman–Crippen MR) is 120 cm³/mol. The number of carbonyl (C=O) groups is 4. The van der Waals surface area contributed by atoms with E-state index in [-0.39, 0.29) is 6.42 Å². The molecule has 162 valence electrons. The van der Waals surface area contributed by atoms with E-state index in [4.69, 9.17) is 10.2 Å². The van der Waals surface area contributed by atoms with Gasteiger partial charge in [0.05, 0.1) is 11.4 Å². The average molecular weight is 479 g/mol. The third-order valence-corrected chi connectivity index (χ3v) is 7.56.